The molecular weight excluding hydrogens is 414 g/mol. The summed E-state index contributed by atoms with van der Waals surface area (Å²) >= 11 is 1.03. The second kappa shape index (κ2) is 7.88. The first-order chi connectivity index (χ1) is 13.6. The molecule has 1 amide bonds. The van der Waals surface area contributed by atoms with Crippen LogP contribution >= 0.6 is 11.3 Å². The Kier molecular flexibility index (Phi) is 5.67. The molecular formula is C19H21N3O5S2. The summed E-state index contributed by atoms with van der Waals surface area (Å²) in [5, 5.41) is 2.73. The number of aromatic nitrogens is 1. The lowest BCUT2D eigenvalue weighted by atomic mass is 10.2. The Hall–Kier alpha value is -2.85. The number of ether oxygens (including phenoxy) is 1. The molecule has 10 heteroatoms. The zero-order chi connectivity index (χ0) is 21.3. The predicted octanol–water partition coefficient (Wildman–Crippen LogP) is 2.55. The van der Waals surface area contributed by atoms with Crippen LogP contribution in [-0.4, -0.2) is 32.0 Å². The van der Waals surface area contributed by atoms with Gasteiger partial charge in [0, 0.05) is 13.1 Å². The highest BCUT2D eigenvalue weighted by molar-refractivity contribution is 7.92. The number of hydrogen-bond donors (Lipinski definition) is 2. The van der Waals surface area contributed by atoms with E-state index in [1.165, 1.54) is 29.9 Å². The van der Waals surface area contributed by atoms with Gasteiger partial charge < -0.3 is 14.6 Å². The van der Waals surface area contributed by atoms with Crippen molar-refractivity contribution in [2.45, 2.75) is 24.8 Å². The van der Waals surface area contributed by atoms with Crippen molar-refractivity contribution < 1.29 is 17.9 Å². The second-order valence-corrected chi connectivity index (χ2v) is 9.38. The normalized spacial score (nSPS) is 11.6. The van der Waals surface area contributed by atoms with E-state index in [-0.39, 0.29) is 27.1 Å². The number of thiazole rings is 1. The first-order valence-corrected chi connectivity index (χ1v) is 11.0. The topological polar surface area (TPSA) is 106 Å². The molecule has 0 spiro atoms. The molecule has 8 nitrogen and oxygen atoms in total. The number of carbonyl (C=O) groups excluding carboxylic acids is 1. The molecule has 0 saturated carbocycles. The van der Waals surface area contributed by atoms with Gasteiger partial charge >= 0.3 is 4.87 Å². The summed E-state index contributed by atoms with van der Waals surface area (Å²) in [6, 6.07) is 8.84. The van der Waals surface area contributed by atoms with Gasteiger partial charge in [-0.05, 0) is 50.2 Å². The molecule has 154 valence electrons. The summed E-state index contributed by atoms with van der Waals surface area (Å²) in [7, 11) is -0.891. The van der Waals surface area contributed by atoms with Crippen molar-refractivity contribution in [1.82, 2.24) is 9.88 Å². The molecule has 3 aromatic rings. The zero-order valence-electron chi connectivity index (χ0n) is 16.3. The number of aryl methyl sites for hydroxylation is 1. The first-order valence-electron chi connectivity index (χ1n) is 8.73. The standard InChI is InChI=1S/C19H21N3O5S2/c1-11(2)20-18(23)14-10-13(6-8-16(14)27-4)29(25,26)21-12-5-7-15-17(9-12)28-19(24)22(15)3/h5-11,21H,1-4H3,(H,20,23). The molecule has 0 aliphatic heterocycles. The Balaban J connectivity index is 1.96. The minimum atomic E-state index is -3.96. The van der Waals surface area contributed by atoms with Crippen LogP contribution in [0, 0.1) is 0 Å². The molecule has 1 aromatic heterocycles. The Labute approximate surface area is 172 Å². The van der Waals surface area contributed by atoms with Crippen LogP contribution in [0.15, 0.2) is 46.1 Å². The van der Waals surface area contributed by atoms with Crippen LogP contribution in [0.3, 0.4) is 0 Å². The van der Waals surface area contributed by atoms with Crippen LogP contribution in [0.2, 0.25) is 0 Å². The number of amides is 1. The fourth-order valence-electron chi connectivity index (χ4n) is 2.78. The van der Waals surface area contributed by atoms with Gasteiger partial charge in [0.25, 0.3) is 15.9 Å². The number of benzene rings is 2. The monoisotopic (exact) mass is 435 g/mol. The van der Waals surface area contributed by atoms with Gasteiger partial charge in [-0.25, -0.2) is 8.42 Å². The third-order valence-electron chi connectivity index (χ3n) is 4.19. The summed E-state index contributed by atoms with van der Waals surface area (Å²) < 4.78 is 35.6. The maximum absolute atomic E-state index is 12.9. The number of sulfonamides is 1. The molecule has 0 aliphatic carbocycles. The zero-order valence-corrected chi connectivity index (χ0v) is 18.0. The van der Waals surface area contributed by atoms with Crippen molar-refractivity contribution in [2.75, 3.05) is 11.8 Å². The first kappa shape index (κ1) is 20.9. The summed E-state index contributed by atoms with van der Waals surface area (Å²) in [5.74, 6) is -0.151. The number of methoxy groups -OCH3 is 1. The average Bonchev–Trinajstić information content (AvgIpc) is 2.93. The lowest BCUT2D eigenvalue weighted by Crippen LogP contribution is -2.30. The van der Waals surface area contributed by atoms with E-state index in [0.717, 1.165) is 16.9 Å². The van der Waals surface area contributed by atoms with Crippen LogP contribution in [0.25, 0.3) is 10.2 Å². The summed E-state index contributed by atoms with van der Waals surface area (Å²) in [6.07, 6.45) is 0. The third-order valence-corrected chi connectivity index (χ3v) is 6.56. The van der Waals surface area contributed by atoms with Crippen LogP contribution in [0.4, 0.5) is 5.69 Å². The van der Waals surface area contributed by atoms with Crippen LogP contribution in [0.5, 0.6) is 5.75 Å². The highest BCUT2D eigenvalue weighted by atomic mass is 32.2. The number of anilines is 1. The van der Waals surface area contributed by atoms with Gasteiger partial charge in [0.15, 0.2) is 0 Å². The van der Waals surface area contributed by atoms with Gasteiger partial charge in [-0.3, -0.25) is 14.3 Å². The molecule has 0 fully saturated rings. The third kappa shape index (κ3) is 4.28. The predicted molar refractivity (Wildman–Crippen MR) is 113 cm³/mol. The molecule has 0 unspecified atom stereocenters. The molecule has 0 bridgehead atoms. The van der Waals surface area contributed by atoms with Crippen molar-refractivity contribution in [1.29, 1.82) is 0 Å². The van der Waals surface area contributed by atoms with Crippen LogP contribution < -0.4 is 19.6 Å². The number of nitrogens with zero attached hydrogens (tertiary/aromatic N) is 1. The fourth-order valence-corrected chi connectivity index (χ4v) is 4.78. The van der Waals surface area contributed by atoms with E-state index >= 15 is 0 Å². The minimum absolute atomic E-state index is 0.0754. The largest absolute Gasteiger partial charge is 0.496 e. The van der Waals surface area contributed by atoms with E-state index in [1.54, 1.807) is 39.1 Å². The number of carbonyl (C=O) groups is 1. The maximum atomic E-state index is 12.9. The maximum Gasteiger partial charge on any atom is 0.307 e. The molecule has 0 saturated heterocycles. The minimum Gasteiger partial charge on any atom is -0.496 e. The van der Waals surface area contributed by atoms with Gasteiger partial charge in [0.2, 0.25) is 0 Å². The average molecular weight is 436 g/mol. The van der Waals surface area contributed by atoms with Crippen molar-refractivity contribution >= 4 is 43.2 Å². The number of fused-ring (bicyclic) bond motifs is 1. The Morgan fingerprint density at radius 2 is 1.90 bits per heavy atom. The Morgan fingerprint density at radius 1 is 1.17 bits per heavy atom. The van der Waals surface area contributed by atoms with E-state index in [2.05, 4.69) is 10.0 Å². The van der Waals surface area contributed by atoms with E-state index < -0.39 is 15.9 Å². The highest BCUT2D eigenvalue weighted by Crippen LogP contribution is 2.26. The smallest absolute Gasteiger partial charge is 0.307 e. The number of hydrogen-bond acceptors (Lipinski definition) is 6. The van der Waals surface area contributed by atoms with Crippen molar-refractivity contribution in [3.8, 4) is 5.75 Å². The number of rotatable bonds is 6. The van der Waals surface area contributed by atoms with E-state index in [9.17, 15) is 18.0 Å². The molecule has 1 heterocycles. The van der Waals surface area contributed by atoms with Gasteiger partial charge in [-0.2, -0.15) is 0 Å². The Morgan fingerprint density at radius 3 is 2.55 bits per heavy atom. The molecule has 2 aromatic carbocycles. The van der Waals surface area contributed by atoms with E-state index in [4.69, 9.17) is 4.74 Å². The van der Waals surface area contributed by atoms with Gasteiger partial charge in [0.05, 0.1) is 33.5 Å². The van der Waals surface area contributed by atoms with E-state index in [1.807, 2.05) is 0 Å². The van der Waals surface area contributed by atoms with Crippen molar-refractivity contribution in [3.63, 3.8) is 0 Å². The molecule has 2 N–H and O–H groups in total. The summed E-state index contributed by atoms with van der Waals surface area (Å²) in [6.45, 7) is 3.61. The van der Waals surface area contributed by atoms with Gasteiger partial charge in [-0.1, -0.05) is 11.3 Å². The molecule has 3 rings (SSSR count). The quantitative estimate of drug-likeness (QED) is 0.619. The SMILES string of the molecule is COc1ccc(S(=O)(=O)Nc2ccc3c(c2)sc(=O)n3C)cc1C(=O)NC(C)C. The summed E-state index contributed by atoms with van der Waals surface area (Å²) in [4.78, 5) is 24.0. The van der Waals surface area contributed by atoms with Crippen molar-refractivity contribution in [2.24, 2.45) is 7.05 Å². The molecule has 0 radical (unpaired) electrons. The van der Waals surface area contributed by atoms with Crippen LogP contribution in [0.1, 0.15) is 24.2 Å². The number of nitrogens with one attached hydrogen (secondary N) is 2. The molecule has 0 aliphatic rings. The fraction of sp³-hybridized carbons (Fsp3) is 0.263. The lowest BCUT2D eigenvalue weighted by Gasteiger charge is -2.14. The van der Waals surface area contributed by atoms with E-state index in [0.29, 0.717) is 10.4 Å². The second-order valence-electron chi connectivity index (χ2n) is 6.71. The summed E-state index contributed by atoms with van der Waals surface area (Å²) in [5.41, 5.74) is 1.17. The highest BCUT2D eigenvalue weighted by Gasteiger charge is 2.21. The molecule has 29 heavy (non-hydrogen) atoms. The molecule has 0 atom stereocenters. The van der Waals surface area contributed by atoms with Gasteiger partial charge in [0.1, 0.15) is 5.75 Å². The Bertz CT molecular complexity index is 1240. The van der Waals surface area contributed by atoms with Gasteiger partial charge in [-0.15, -0.1) is 0 Å². The lowest BCUT2D eigenvalue weighted by molar-refractivity contribution is 0.0940. The van der Waals surface area contributed by atoms with Crippen molar-refractivity contribution in [3.05, 3.63) is 51.6 Å². The van der Waals surface area contributed by atoms with Crippen LogP contribution in [-0.2, 0) is 17.1 Å².